The highest BCUT2D eigenvalue weighted by Crippen LogP contribution is 2.21. The minimum absolute atomic E-state index is 0.0853. The number of thiazole rings is 1. The molecule has 1 rings (SSSR count). The third kappa shape index (κ3) is 1.81. The molecular formula is C7H12N2O2S. The number of hydrogen-bond donors (Lipinski definition) is 3. The van der Waals surface area contributed by atoms with Crippen LogP contribution in [-0.2, 0) is 12.1 Å². The molecule has 68 valence electrons. The molecule has 5 heteroatoms. The van der Waals surface area contributed by atoms with Gasteiger partial charge in [0.25, 0.3) is 0 Å². The zero-order chi connectivity index (χ0) is 9.19. The van der Waals surface area contributed by atoms with E-state index >= 15 is 0 Å². The summed E-state index contributed by atoms with van der Waals surface area (Å²) in [5.41, 5.74) is 5.53. The molecule has 12 heavy (non-hydrogen) atoms. The summed E-state index contributed by atoms with van der Waals surface area (Å²) in [6.45, 7) is 1.47. The molecule has 0 saturated heterocycles. The summed E-state index contributed by atoms with van der Waals surface area (Å²) in [4.78, 5) is 4.05. The van der Waals surface area contributed by atoms with Gasteiger partial charge in [-0.05, 0) is 6.92 Å². The van der Waals surface area contributed by atoms with Crippen LogP contribution in [0.3, 0.4) is 0 Å². The number of nitrogens with zero attached hydrogens (tertiary/aromatic N) is 1. The summed E-state index contributed by atoms with van der Waals surface area (Å²) in [6.07, 6.45) is 0. The maximum absolute atomic E-state index is 8.91. The van der Waals surface area contributed by atoms with Crippen molar-refractivity contribution in [3.05, 3.63) is 16.1 Å². The van der Waals surface area contributed by atoms with Crippen LogP contribution >= 0.6 is 11.3 Å². The predicted octanol–water partition coefficient (Wildman–Crippen LogP) is -0.198. The third-order valence-corrected chi connectivity index (χ3v) is 2.70. The Balaban J connectivity index is 2.88. The van der Waals surface area contributed by atoms with E-state index in [4.69, 9.17) is 15.9 Å². The summed E-state index contributed by atoms with van der Waals surface area (Å²) in [6, 6.07) is 0. The topological polar surface area (TPSA) is 79.4 Å². The van der Waals surface area contributed by atoms with Crippen molar-refractivity contribution in [1.82, 2.24) is 4.98 Å². The average Bonchev–Trinajstić information content (AvgIpc) is 2.52. The Morgan fingerprint density at radius 1 is 1.67 bits per heavy atom. The molecule has 4 N–H and O–H groups in total. The first-order valence-electron chi connectivity index (χ1n) is 3.55. The fourth-order valence-electron chi connectivity index (χ4n) is 0.710. The summed E-state index contributed by atoms with van der Waals surface area (Å²) in [5.74, 6) is 0. The van der Waals surface area contributed by atoms with Crippen molar-refractivity contribution in [1.29, 1.82) is 0 Å². The Kier molecular flexibility index (Phi) is 2.79. The molecule has 1 heterocycles. The first-order chi connectivity index (χ1) is 5.60. The monoisotopic (exact) mass is 188 g/mol. The van der Waals surface area contributed by atoms with Gasteiger partial charge in [-0.25, -0.2) is 4.98 Å². The molecule has 0 spiro atoms. The van der Waals surface area contributed by atoms with Gasteiger partial charge in [0.1, 0.15) is 5.01 Å². The van der Waals surface area contributed by atoms with Gasteiger partial charge < -0.3 is 15.9 Å². The van der Waals surface area contributed by atoms with E-state index in [2.05, 4.69) is 4.98 Å². The highest BCUT2D eigenvalue weighted by Gasteiger charge is 2.23. The van der Waals surface area contributed by atoms with Crippen LogP contribution < -0.4 is 5.73 Å². The van der Waals surface area contributed by atoms with E-state index in [0.717, 1.165) is 0 Å². The first-order valence-corrected chi connectivity index (χ1v) is 4.43. The normalized spacial score (nSPS) is 16.0. The van der Waals surface area contributed by atoms with Crippen LogP contribution in [0.2, 0.25) is 0 Å². The van der Waals surface area contributed by atoms with Crippen LogP contribution in [0.1, 0.15) is 17.6 Å². The fourth-order valence-corrected chi connectivity index (χ4v) is 1.59. The predicted molar refractivity (Wildman–Crippen MR) is 46.7 cm³/mol. The largest absolute Gasteiger partial charge is 0.394 e. The number of aromatic nitrogens is 1. The van der Waals surface area contributed by atoms with Gasteiger partial charge in [0.05, 0.1) is 24.4 Å². The molecule has 0 fully saturated rings. The molecule has 0 bridgehead atoms. The SMILES string of the molecule is C[C@@](N)(CO)c1nc(CO)cs1. The van der Waals surface area contributed by atoms with Gasteiger partial charge in [-0.3, -0.25) is 0 Å². The zero-order valence-electron chi connectivity index (χ0n) is 6.82. The van der Waals surface area contributed by atoms with Gasteiger partial charge in [-0.1, -0.05) is 0 Å². The van der Waals surface area contributed by atoms with Gasteiger partial charge in [0.15, 0.2) is 0 Å². The molecule has 1 aromatic heterocycles. The Labute approximate surface area is 74.7 Å². The van der Waals surface area contributed by atoms with Crippen molar-refractivity contribution in [3.63, 3.8) is 0 Å². The Morgan fingerprint density at radius 3 is 2.75 bits per heavy atom. The van der Waals surface area contributed by atoms with Crippen LogP contribution in [-0.4, -0.2) is 21.8 Å². The van der Waals surface area contributed by atoms with Crippen LogP contribution in [0.25, 0.3) is 0 Å². The van der Waals surface area contributed by atoms with Crippen molar-refractivity contribution >= 4 is 11.3 Å². The van der Waals surface area contributed by atoms with E-state index in [1.165, 1.54) is 11.3 Å². The van der Waals surface area contributed by atoms with Crippen molar-refractivity contribution in [2.75, 3.05) is 6.61 Å². The quantitative estimate of drug-likeness (QED) is 0.614. The van der Waals surface area contributed by atoms with Gasteiger partial charge in [0, 0.05) is 5.38 Å². The second-order valence-corrected chi connectivity index (χ2v) is 3.74. The smallest absolute Gasteiger partial charge is 0.115 e. The minimum atomic E-state index is -0.794. The van der Waals surface area contributed by atoms with E-state index in [9.17, 15) is 0 Å². The highest BCUT2D eigenvalue weighted by atomic mass is 32.1. The molecule has 0 aliphatic rings. The molecule has 0 saturated carbocycles. The van der Waals surface area contributed by atoms with Gasteiger partial charge in [-0.2, -0.15) is 0 Å². The molecular weight excluding hydrogens is 176 g/mol. The zero-order valence-corrected chi connectivity index (χ0v) is 7.64. The molecule has 1 aromatic rings. The standard InChI is InChI=1S/C7H12N2O2S/c1-7(8,4-11)6-9-5(2-10)3-12-6/h3,10-11H,2,4,8H2,1H3/t7-/m1/s1. The van der Waals surface area contributed by atoms with Crippen molar-refractivity contribution in [2.45, 2.75) is 19.1 Å². The fraction of sp³-hybridized carbons (Fsp3) is 0.571. The molecule has 0 aliphatic heterocycles. The second-order valence-electron chi connectivity index (χ2n) is 2.88. The highest BCUT2D eigenvalue weighted by molar-refractivity contribution is 7.09. The van der Waals surface area contributed by atoms with E-state index in [-0.39, 0.29) is 13.2 Å². The van der Waals surface area contributed by atoms with E-state index in [0.29, 0.717) is 10.7 Å². The lowest BCUT2D eigenvalue weighted by atomic mass is 10.1. The molecule has 0 radical (unpaired) electrons. The lowest BCUT2D eigenvalue weighted by Gasteiger charge is -2.17. The van der Waals surface area contributed by atoms with Crippen LogP contribution in [0.15, 0.2) is 5.38 Å². The molecule has 0 aromatic carbocycles. The number of aliphatic hydroxyl groups is 2. The van der Waals surface area contributed by atoms with Crippen LogP contribution in [0.5, 0.6) is 0 Å². The van der Waals surface area contributed by atoms with Gasteiger partial charge in [-0.15, -0.1) is 11.3 Å². The maximum Gasteiger partial charge on any atom is 0.115 e. The molecule has 0 amide bonds. The average molecular weight is 188 g/mol. The van der Waals surface area contributed by atoms with Crippen LogP contribution in [0.4, 0.5) is 0 Å². The lowest BCUT2D eigenvalue weighted by Crippen LogP contribution is -2.36. The number of nitrogens with two attached hydrogens (primary N) is 1. The summed E-state index contributed by atoms with van der Waals surface area (Å²) in [5, 5.41) is 20.0. The Hall–Kier alpha value is -0.490. The second kappa shape index (κ2) is 3.49. The first kappa shape index (κ1) is 9.60. The molecule has 1 atom stereocenters. The number of rotatable bonds is 3. The van der Waals surface area contributed by atoms with E-state index < -0.39 is 5.54 Å². The number of hydrogen-bond acceptors (Lipinski definition) is 5. The summed E-state index contributed by atoms with van der Waals surface area (Å²) in [7, 11) is 0. The van der Waals surface area contributed by atoms with Crippen LogP contribution in [0, 0.1) is 0 Å². The van der Waals surface area contributed by atoms with E-state index in [1.807, 2.05) is 0 Å². The molecule has 0 unspecified atom stereocenters. The van der Waals surface area contributed by atoms with Gasteiger partial charge >= 0.3 is 0 Å². The maximum atomic E-state index is 8.91. The minimum Gasteiger partial charge on any atom is -0.394 e. The Morgan fingerprint density at radius 2 is 2.33 bits per heavy atom. The third-order valence-electron chi connectivity index (χ3n) is 1.53. The summed E-state index contributed by atoms with van der Waals surface area (Å²) >= 11 is 1.35. The summed E-state index contributed by atoms with van der Waals surface area (Å²) < 4.78 is 0. The van der Waals surface area contributed by atoms with Crippen molar-refractivity contribution in [3.8, 4) is 0 Å². The number of aliphatic hydroxyl groups excluding tert-OH is 2. The van der Waals surface area contributed by atoms with E-state index in [1.54, 1.807) is 12.3 Å². The Bertz CT molecular complexity index is 260. The lowest BCUT2D eigenvalue weighted by molar-refractivity contribution is 0.209. The molecule has 0 aliphatic carbocycles. The van der Waals surface area contributed by atoms with Crippen molar-refractivity contribution in [2.24, 2.45) is 5.73 Å². The molecule has 4 nitrogen and oxygen atoms in total. The van der Waals surface area contributed by atoms with Gasteiger partial charge in [0.2, 0.25) is 0 Å². The van der Waals surface area contributed by atoms with Crippen molar-refractivity contribution < 1.29 is 10.2 Å².